The van der Waals surface area contributed by atoms with E-state index in [1.807, 2.05) is 13.0 Å². The highest BCUT2D eigenvalue weighted by Gasteiger charge is 2.20. The zero-order chi connectivity index (χ0) is 11.5. The zero-order valence-electron chi connectivity index (χ0n) is 9.88. The predicted molar refractivity (Wildman–Crippen MR) is 64.8 cm³/mol. The van der Waals surface area contributed by atoms with E-state index in [-0.39, 0.29) is 11.9 Å². The molecule has 0 heterocycles. The van der Waals surface area contributed by atoms with Crippen LogP contribution in [0.15, 0.2) is 18.2 Å². The molecule has 2 rings (SSSR count). The van der Waals surface area contributed by atoms with Crippen LogP contribution in [0.4, 0.5) is 4.39 Å². The number of benzene rings is 1. The fourth-order valence-corrected chi connectivity index (χ4v) is 2.41. The van der Waals surface area contributed by atoms with Crippen LogP contribution in [0, 0.1) is 18.7 Å². The monoisotopic (exact) mass is 221 g/mol. The molecule has 0 aromatic heterocycles. The molecule has 1 aromatic carbocycles. The number of hydrogen-bond acceptors (Lipinski definition) is 1. The molecule has 1 saturated carbocycles. The summed E-state index contributed by atoms with van der Waals surface area (Å²) in [5, 5.41) is 0. The van der Waals surface area contributed by atoms with Crippen molar-refractivity contribution < 1.29 is 4.39 Å². The molecule has 0 saturated heterocycles. The van der Waals surface area contributed by atoms with Crippen LogP contribution in [0.25, 0.3) is 0 Å². The van der Waals surface area contributed by atoms with Crippen molar-refractivity contribution in [1.82, 2.24) is 0 Å². The van der Waals surface area contributed by atoms with E-state index < -0.39 is 0 Å². The summed E-state index contributed by atoms with van der Waals surface area (Å²) in [4.78, 5) is 0. The summed E-state index contributed by atoms with van der Waals surface area (Å²) in [5.74, 6) is 0.685. The first kappa shape index (κ1) is 11.6. The molecule has 0 bridgehead atoms. The highest BCUT2D eigenvalue weighted by molar-refractivity contribution is 5.27. The average molecular weight is 221 g/mol. The molecule has 1 nitrogen and oxygen atoms in total. The molecule has 2 N–H and O–H groups in total. The van der Waals surface area contributed by atoms with Gasteiger partial charge in [-0.2, -0.15) is 0 Å². The number of rotatable bonds is 4. The van der Waals surface area contributed by atoms with Crippen LogP contribution in [0.1, 0.15) is 36.8 Å². The summed E-state index contributed by atoms with van der Waals surface area (Å²) in [5.41, 5.74) is 8.34. The van der Waals surface area contributed by atoms with E-state index in [4.69, 9.17) is 5.73 Å². The Labute approximate surface area is 96.9 Å². The summed E-state index contributed by atoms with van der Waals surface area (Å²) < 4.78 is 12.9. The Morgan fingerprint density at radius 1 is 1.44 bits per heavy atom. The van der Waals surface area contributed by atoms with Gasteiger partial charge in [0, 0.05) is 6.04 Å². The molecule has 2 heteroatoms. The van der Waals surface area contributed by atoms with Gasteiger partial charge in [-0.15, -0.1) is 0 Å². The molecule has 1 atom stereocenters. The maximum absolute atomic E-state index is 12.9. The first-order chi connectivity index (χ1) is 7.65. The standard InChI is InChI=1S/C14H20FN/c1-10-7-13(15)6-5-12(10)9-14(16)8-11-3-2-4-11/h5-7,11,14H,2-4,8-9,16H2,1H3. The van der Waals surface area contributed by atoms with Gasteiger partial charge in [0.25, 0.3) is 0 Å². The predicted octanol–water partition coefficient (Wildman–Crippen LogP) is 3.19. The van der Waals surface area contributed by atoms with E-state index in [0.29, 0.717) is 0 Å². The smallest absolute Gasteiger partial charge is 0.123 e. The van der Waals surface area contributed by atoms with Crippen LogP contribution in [0.2, 0.25) is 0 Å². The van der Waals surface area contributed by atoms with Crippen molar-refractivity contribution in [2.45, 2.75) is 45.1 Å². The molecule has 1 unspecified atom stereocenters. The van der Waals surface area contributed by atoms with E-state index in [1.165, 1.54) is 30.9 Å². The van der Waals surface area contributed by atoms with Crippen LogP contribution in [-0.2, 0) is 6.42 Å². The molecule has 0 amide bonds. The molecule has 16 heavy (non-hydrogen) atoms. The van der Waals surface area contributed by atoms with Gasteiger partial charge in [-0.05, 0) is 48.9 Å². The van der Waals surface area contributed by atoms with Gasteiger partial charge in [0.05, 0.1) is 0 Å². The topological polar surface area (TPSA) is 26.0 Å². The number of aryl methyl sites for hydroxylation is 1. The minimum atomic E-state index is -0.159. The second-order valence-electron chi connectivity index (χ2n) is 5.07. The Balaban J connectivity index is 1.91. The minimum absolute atomic E-state index is 0.159. The fourth-order valence-electron chi connectivity index (χ4n) is 2.41. The normalized spacial score (nSPS) is 18.2. The highest BCUT2D eigenvalue weighted by atomic mass is 19.1. The largest absolute Gasteiger partial charge is 0.327 e. The first-order valence-electron chi connectivity index (χ1n) is 6.16. The van der Waals surface area contributed by atoms with Crippen molar-refractivity contribution in [3.8, 4) is 0 Å². The molecule has 0 radical (unpaired) electrons. The van der Waals surface area contributed by atoms with Crippen molar-refractivity contribution in [2.24, 2.45) is 11.7 Å². The van der Waals surface area contributed by atoms with Gasteiger partial charge >= 0.3 is 0 Å². The van der Waals surface area contributed by atoms with Crippen LogP contribution < -0.4 is 5.73 Å². The third-order valence-corrected chi connectivity index (χ3v) is 3.65. The SMILES string of the molecule is Cc1cc(F)ccc1CC(N)CC1CCC1. The van der Waals surface area contributed by atoms with E-state index >= 15 is 0 Å². The molecular weight excluding hydrogens is 201 g/mol. The van der Waals surface area contributed by atoms with Crippen LogP contribution in [0.3, 0.4) is 0 Å². The van der Waals surface area contributed by atoms with Crippen molar-refractivity contribution in [3.05, 3.63) is 35.1 Å². The molecule has 1 aromatic rings. The van der Waals surface area contributed by atoms with Crippen molar-refractivity contribution >= 4 is 0 Å². The quantitative estimate of drug-likeness (QED) is 0.830. The van der Waals surface area contributed by atoms with Gasteiger partial charge in [-0.3, -0.25) is 0 Å². The lowest BCUT2D eigenvalue weighted by atomic mass is 9.80. The van der Waals surface area contributed by atoms with Crippen LogP contribution in [-0.4, -0.2) is 6.04 Å². The second kappa shape index (κ2) is 4.96. The van der Waals surface area contributed by atoms with Crippen LogP contribution >= 0.6 is 0 Å². The molecule has 1 aliphatic carbocycles. The third-order valence-electron chi connectivity index (χ3n) is 3.65. The van der Waals surface area contributed by atoms with Crippen molar-refractivity contribution in [1.29, 1.82) is 0 Å². The van der Waals surface area contributed by atoms with E-state index in [9.17, 15) is 4.39 Å². The summed E-state index contributed by atoms with van der Waals surface area (Å²) in [6.07, 6.45) is 6.05. The summed E-state index contributed by atoms with van der Waals surface area (Å²) in [6, 6.07) is 5.21. The summed E-state index contributed by atoms with van der Waals surface area (Å²) in [6.45, 7) is 1.95. The Morgan fingerprint density at radius 3 is 2.75 bits per heavy atom. The lowest BCUT2D eigenvalue weighted by Crippen LogP contribution is -2.28. The number of nitrogens with two attached hydrogens (primary N) is 1. The van der Waals surface area contributed by atoms with E-state index in [0.717, 1.165) is 24.3 Å². The average Bonchev–Trinajstić information content (AvgIpc) is 2.16. The maximum Gasteiger partial charge on any atom is 0.123 e. The Hall–Kier alpha value is -0.890. The highest BCUT2D eigenvalue weighted by Crippen LogP contribution is 2.30. The molecule has 0 spiro atoms. The summed E-state index contributed by atoms with van der Waals surface area (Å²) >= 11 is 0. The Kier molecular flexibility index (Phi) is 3.59. The first-order valence-corrected chi connectivity index (χ1v) is 6.16. The summed E-state index contributed by atoms with van der Waals surface area (Å²) in [7, 11) is 0. The molecule has 1 aliphatic rings. The fraction of sp³-hybridized carbons (Fsp3) is 0.571. The molecular formula is C14H20FN. The lowest BCUT2D eigenvalue weighted by molar-refractivity contribution is 0.275. The van der Waals surface area contributed by atoms with Crippen molar-refractivity contribution in [3.63, 3.8) is 0 Å². The Bertz CT molecular complexity index is 358. The van der Waals surface area contributed by atoms with Gasteiger partial charge in [0.2, 0.25) is 0 Å². The van der Waals surface area contributed by atoms with E-state index in [1.54, 1.807) is 6.07 Å². The Morgan fingerprint density at radius 2 is 2.19 bits per heavy atom. The minimum Gasteiger partial charge on any atom is -0.327 e. The molecule has 88 valence electrons. The maximum atomic E-state index is 12.9. The number of hydrogen-bond donors (Lipinski definition) is 1. The number of halogens is 1. The molecule has 0 aliphatic heterocycles. The zero-order valence-corrected chi connectivity index (χ0v) is 9.88. The van der Waals surface area contributed by atoms with Gasteiger partial charge in [-0.25, -0.2) is 4.39 Å². The second-order valence-corrected chi connectivity index (χ2v) is 5.07. The molecule has 1 fully saturated rings. The van der Waals surface area contributed by atoms with Gasteiger partial charge in [0.15, 0.2) is 0 Å². The van der Waals surface area contributed by atoms with Gasteiger partial charge < -0.3 is 5.73 Å². The van der Waals surface area contributed by atoms with Crippen molar-refractivity contribution in [2.75, 3.05) is 0 Å². The van der Waals surface area contributed by atoms with Gasteiger partial charge in [0.1, 0.15) is 5.82 Å². The lowest BCUT2D eigenvalue weighted by Gasteiger charge is -2.28. The van der Waals surface area contributed by atoms with E-state index in [2.05, 4.69) is 0 Å². The van der Waals surface area contributed by atoms with Crippen LogP contribution in [0.5, 0.6) is 0 Å². The van der Waals surface area contributed by atoms with Gasteiger partial charge in [-0.1, -0.05) is 25.3 Å². The third kappa shape index (κ3) is 2.82.